The molecule has 0 saturated carbocycles. The van der Waals surface area contributed by atoms with Crippen LogP contribution in [-0.4, -0.2) is 51.3 Å². The zero-order valence-corrected chi connectivity index (χ0v) is 11.8. The molecule has 0 aliphatic carbocycles. The van der Waals surface area contributed by atoms with Gasteiger partial charge in [-0.05, 0) is 39.3 Å². The molecule has 0 rings (SSSR count). The monoisotopic (exact) mass is 230 g/mol. The van der Waals surface area contributed by atoms with E-state index in [4.69, 9.17) is 4.74 Å². The van der Waals surface area contributed by atoms with E-state index >= 15 is 0 Å². The lowest BCUT2D eigenvalue weighted by Crippen LogP contribution is -2.38. The molecule has 0 fully saturated rings. The Labute approximate surface area is 102 Å². The number of nitrogens with zero attached hydrogens (tertiary/aromatic N) is 1. The Hall–Kier alpha value is -0.120. The van der Waals surface area contributed by atoms with Crippen LogP contribution in [0.15, 0.2) is 0 Å². The summed E-state index contributed by atoms with van der Waals surface area (Å²) < 4.78 is 5.18. The standard InChI is InChI=1S/C13H30N2O/c1-12(2)11-15(9-10-16-5)13(3)7-6-8-14-4/h12-14H,6-11H2,1-5H3. The zero-order chi connectivity index (χ0) is 12.4. The number of hydrogen-bond donors (Lipinski definition) is 1. The molecule has 0 radical (unpaired) electrons. The van der Waals surface area contributed by atoms with Gasteiger partial charge in [0, 0.05) is 26.2 Å². The van der Waals surface area contributed by atoms with Gasteiger partial charge in [-0.25, -0.2) is 0 Å². The molecule has 0 saturated heterocycles. The molecule has 98 valence electrons. The number of ether oxygens (including phenoxy) is 1. The molecule has 1 atom stereocenters. The summed E-state index contributed by atoms with van der Waals surface area (Å²) >= 11 is 0. The van der Waals surface area contributed by atoms with Gasteiger partial charge in [-0.15, -0.1) is 0 Å². The van der Waals surface area contributed by atoms with Gasteiger partial charge in [0.15, 0.2) is 0 Å². The normalized spacial score (nSPS) is 13.7. The zero-order valence-electron chi connectivity index (χ0n) is 11.8. The van der Waals surface area contributed by atoms with Crippen molar-refractivity contribution in [1.29, 1.82) is 0 Å². The van der Waals surface area contributed by atoms with Crippen molar-refractivity contribution in [3.8, 4) is 0 Å². The van der Waals surface area contributed by atoms with Crippen molar-refractivity contribution in [2.75, 3.05) is 40.4 Å². The lowest BCUT2D eigenvalue weighted by Gasteiger charge is -2.30. The highest BCUT2D eigenvalue weighted by Crippen LogP contribution is 2.09. The fraction of sp³-hybridized carbons (Fsp3) is 1.00. The molecule has 0 heterocycles. The first-order valence-electron chi connectivity index (χ1n) is 6.49. The van der Waals surface area contributed by atoms with E-state index in [2.05, 4.69) is 31.0 Å². The number of hydrogen-bond acceptors (Lipinski definition) is 3. The van der Waals surface area contributed by atoms with Crippen LogP contribution in [0.25, 0.3) is 0 Å². The summed E-state index contributed by atoms with van der Waals surface area (Å²) in [4.78, 5) is 2.55. The van der Waals surface area contributed by atoms with Crippen LogP contribution in [0.1, 0.15) is 33.6 Å². The fourth-order valence-corrected chi connectivity index (χ4v) is 1.93. The average Bonchev–Trinajstić information content (AvgIpc) is 2.23. The van der Waals surface area contributed by atoms with Crippen LogP contribution in [-0.2, 0) is 4.74 Å². The Morgan fingerprint density at radius 3 is 2.44 bits per heavy atom. The van der Waals surface area contributed by atoms with Gasteiger partial charge in [0.2, 0.25) is 0 Å². The van der Waals surface area contributed by atoms with Crippen LogP contribution < -0.4 is 5.32 Å². The maximum atomic E-state index is 5.18. The van der Waals surface area contributed by atoms with Crippen LogP contribution in [0.5, 0.6) is 0 Å². The van der Waals surface area contributed by atoms with E-state index in [1.807, 2.05) is 7.05 Å². The first kappa shape index (κ1) is 15.9. The Kier molecular flexibility index (Phi) is 9.99. The van der Waals surface area contributed by atoms with Gasteiger partial charge < -0.3 is 10.1 Å². The molecule has 3 heteroatoms. The Morgan fingerprint density at radius 1 is 1.25 bits per heavy atom. The summed E-state index contributed by atoms with van der Waals surface area (Å²) in [5.74, 6) is 0.726. The molecule has 0 aliphatic heterocycles. The second kappa shape index (κ2) is 10.1. The number of nitrogens with one attached hydrogen (secondary N) is 1. The molecule has 1 N–H and O–H groups in total. The lowest BCUT2D eigenvalue weighted by atomic mass is 10.1. The van der Waals surface area contributed by atoms with Gasteiger partial charge in [-0.1, -0.05) is 13.8 Å². The smallest absolute Gasteiger partial charge is 0.0589 e. The summed E-state index contributed by atoms with van der Waals surface area (Å²) in [6.07, 6.45) is 2.51. The van der Waals surface area contributed by atoms with Crippen molar-refractivity contribution in [2.45, 2.75) is 39.7 Å². The molecule has 0 aromatic heterocycles. The summed E-state index contributed by atoms with van der Waals surface area (Å²) in [5, 5.41) is 3.20. The van der Waals surface area contributed by atoms with Crippen molar-refractivity contribution in [3.05, 3.63) is 0 Å². The van der Waals surface area contributed by atoms with Crippen molar-refractivity contribution >= 4 is 0 Å². The van der Waals surface area contributed by atoms with E-state index < -0.39 is 0 Å². The van der Waals surface area contributed by atoms with Crippen LogP contribution in [0.2, 0.25) is 0 Å². The van der Waals surface area contributed by atoms with Gasteiger partial charge in [0.05, 0.1) is 6.61 Å². The first-order chi connectivity index (χ1) is 7.61. The predicted octanol–water partition coefficient (Wildman–Crippen LogP) is 1.98. The van der Waals surface area contributed by atoms with Crippen molar-refractivity contribution in [1.82, 2.24) is 10.2 Å². The molecular weight excluding hydrogens is 200 g/mol. The minimum Gasteiger partial charge on any atom is -0.383 e. The molecule has 0 bridgehead atoms. The SMILES string of the molecule is CNCCCC(C)N(CCOC)CC(C)C. The Balaban J connectivity index is 3.93. The largest absolute Gasteiger partial charge is 0.383 e. The molecule has 0 spiro atoms. The molecule has 3 nitrogen and oxygen atoms in total. The van der Waals surface area contributed by atoms with Crippen LogP contribution in [0, 0.1) is 5.92 Å². The number of methoxy groups -OCH3 is 1. The summed E-state index contributed by atoms with van der Waals surface area (Å²) in [6.45, 7) is 11.1. The number of rotatable bonds is 10. The molecule has 0 aromatic rings. The molecule has 0 aromatic carbocycles. The second-order valence-electron chi connectivity index (χ2n) is 4.98. The second-order valence-corrected chi connectivity index (χ2v) is 4.98. The van der Waals surface area contributed by atoms with Gasteiger partial charge >= 0.3 is 0 Å². The van der Waals surface area contributed by atoms with E-state index in [-0.39, 0.29) is 0 Å². The highest BCUT2D eigenvalue weighted by atomic mass is 16.5. The third-order valence-electron chi connectivity index (χ3n) is 2.85. The van der Waals surface area contributed by atoms with Crippen LogP contribution in [0.4, 0.5) is 0 Å². The van der Waals surface area contributed by atoms with E-state index in [0.29, 0.717) is 6.04 Å². The topological polar surface area (TPSA) is 24.5 Å². The van der Waals surface area contributed by atoms with Gasteiger partial charge in [-0.3, -0.25) is 4.90 Å². The Bertz CT molecular complexity index is 151. The van der Waals surface area contributed by atoms with E-state index in [9.17, 15) is 0 Å². The summed E-state index contributed by atoms with van der Waals surface area (Å²) in [7, 11) is 3.79. The van der Waals surface area contributed by atoms with E-state index in [0.717, 1.165) is 25.6 Å². The lowest BCUT2D eigenvalue weighted by molar-refractivity contribution is 0.111. The fourth-order valence-electron chi connectivity index (χ4n) is 1.93. The van der Waals surface area contributed by atoms with Gasteiger partial charge in [-0.2, -0.15) is 0 Å². The maximum absolute atomic E-state index is 5.18. The van der Waals surface area contributed by atoms with Crippen molar-refractivity contribution in [2.24, 2.45) is 5.92 Å². The third kappa shape index (κ3) is 8.08. The molecular formula is C13H30N2O. The van der Waals surface area contributed by atoms with Crippen LogP contribution >= 0.6 is 0 Å². The highest BCUT2D eigenvalue weighted by molar-refractivity contribution is 4.69. The third-order valence-corrected chi connectivity index (χ3v) is 2.85. The quantitative estimate of drug-likeness (QED) is 0.581. The van der Waals surface area contributed by atoms with Crippen LogP contribution in [0.3, 0.4) is 0 Å². The minimum absolute atomic E-state index is 0.658. The van der Waals surface area contributed by atoms with Gasteiger partial charge in [0.1, 0.15) is 0 Å². The molecule has 0 aliphatic rings. The van der Waals surface area contributed by atoms with E-state index in [1.54, 1.807) is 7.11 Å². The van der Waals surface area contributed by atoms with E-state index in [1.165, 1.54) is 19.4 Å². The average molecular weight is 230 g/mol. The minimum atomic E-state index is 0.658. The van der Waals surface area contributed by atoms with Gasteiger partial charge in [0.25, 0.3) is 0 Å². The van der Waals surface area contributed by atoms with Crippen molar-refractivity contribution < 1.29 is 4.74 Å². The highest BCUT2D eigenvalue weighted by Gasteiger charge is 2.14. The van der Waals surface area contributed by atoms with Crippen molar-refractivity contribution in [3.63, 3.8) is 0 Å². The molecule has 16 heavy (non-hydrogen) atoms. The Morgan fingerprint density at radius 2 is 1.94 bits per heavy atom. The molecule has 0 amide bonds. The summed E-state index contributed by atoms with van der Waals surface area (Å²) in [6, 6.07) is 0.658. The summed E-state index contributed by atoms with van der Waals surface area (Å²) in [5.41, 5.74) is 0. The molecule has 1 unspecified atom stereocenters. The first-order valence-corrected chi connectivity index (χ1v) is 6.49. The predicted molar refractivity (Wildman–Crippen MR) is 70.9 cm³/mol. The maximum Gasteiger partial charge on any atom is 0.0589 e.